The molecule has 0 spiro atoms. The van der Waals surface area contributed by atoms with Crippen molar-refractivity contribution in [2.45, 2.75) is 0 Å². The molecule has 6 heavy (non-hydrogen) atoms. The first-order chi connectivity index (χ1) is 1.91. The molecule has 4 heteroatoms. The van der Waals surface area contributed by atoms with E-state index in [0.717, 1.165) is 0 Å². The van der Waals surface area contributed by atoms with E-state index in [1.165, 1.54) is 0 Å². The van der Waals surface area contributed by atoms with E-state index in [9.17, 15) is 0 Å². The quantitative estimate of drug-likeness (QED) is 0.344. The molecule has 30 valence electrons. The summed E-state index contributed by atoms with van der Waals surface area (Å²) in [7, 11) is 0. The van der Waals surface area contributed by atoms with Crippen LogP contribution >= 0.6 is 0 Å². The van der Waals surface area contributed by atoms with Crippen molar-refractivity contribution in [1.29, 1.82) is 0 Å². The van der Waals surface area contributed by atoms with Crippen LogP contribution in [0.2, 0.25) is 0 Å². The molecule has 0 atom stereocenters. The summed E-state index contributed by atoms with van der Waals surface area (Å²) < 4.78 is 0. The predicted molar refractivity (Wildman–Crippen MR) is 30.4 cm³/mol. The summed E-state index contributed by atoms with van der Waals surface area (Å²) in [4.78, 5) is 0. The fourth-order valence-electron chi connectivity index (χ4n) is 0. The van der Waals surface area contributed by atoms with Crippen molar-refractivity contribution < 1.29 is 5.11 Å². The summed E-state index contributed by atoms with van der Waals surface area (Å²) in [6.45, 7) is 0.472. The molecule has 0 aliphatic carbocycles. The zero-order valence-corrected chi connectivity index (χ0v) is 2.44. The van der Waals surface area contributed by atoms with Gasteiger partial charge in [-0.1, -0.05) is 0 Å². The van der Waals surface area contributed by atoms with Crippen molar-refractivity contribution in [3.63, 3.8) is 0 Å². The molecule has 3 N–H and O–H groups in total. The second-order valence-corrected chi connectivity index (χ2v) is 0.512. The summed E-state index contributed by atoms with van der Waals surface area (Å²) in [6.07, 6.45) is 0. The van der Waals surface area contributed by atoms with E-state index in [2.05, 4.69) is 0 Å². The van der Waals surface area contributed by atoms with Crippen molar-refractivity contribution in [1.82, 2.24) is 0 Å². The third-order valence-corrected chi connectivity index (χ3v) is 0.129. The Morgan fingerprint density at radius 1 is 1.33 bits per heavy atom. The van der Waals surface area contributed by atoms with E-state index >= 15 is 0 Å². The number of aliphatic hydroxyl groups excluding tert-OH is 1. The van der Waals surface area contributed by atoms with Gasteiger partial charge in [0.2, 0.25) is 0 Å². The summed E-state index contributed by atoms with van der Waals surface area (Å²) in [5, 5.41) is 7.75. The Kier molecular flexibility index (Phi) is 43.2. The zero-order valence-electron chi connectivity index (χ0n) is 2.44. The van der Waals surface area contributed by atoms with Crippen LogP contribution in [0.1, 0.15) is 0 Å². The van der Waals surface area contributed by atoms with Gasteiger partial charge in [-0.2, -0.15) is 0 Å². The van der Waals surface area contributed by atoms with Crippen LogP contribution in [0.15, 0.2) is 0 Å². The normalized spacial score (nSPS) is 5.00. The fourth-order valence-corrected chi connectivity index (χ4v) is 0. The van der Waals surface area contributed by atoms with Gasteiger partial charge in [-0.25, -0.2) is 0 Å². The Bertz CT molecular complexity index is 13.5. The van der Waals surface area contributed by atoms with Gasteiger partial charge in [-0.15, -0.1) is 0 Å². The first-order valence-corrected chi connectivity index (χ1v) is 1.22. The Hall–Kier alpha value is 1.11. The molecule has 0 aliphatic rings. The molecule has 0 amide bonds. The van der Waals surface area contributed by atoms with E-state index in [1.54, 1.807) is 0 Å². The topological polar surface area (TPSA) is 46.2 Å². The second kappa shape index (κ2) is 16.5. The third-order valence-electron chi connectivity index (χ3n) is 0.129. The fraction of sp³-hybridized carbons (Fsp3) is 1.00. The molecular formula is C2H9Li2NO. The Morgan fingerprint density at radius 3 is 1.50 bits per heavy atom. The standard InChI is InChI=1S/C2H7NO.2Li.2H/c3-1-2-4;;;;/h4H,1-3H2;;;;. The van der Waals surface area contributed by atoms with Gasteiger partial charge in [-0.05, 0) is 0 Å². The average molecular weight is 77.0 g/mol. The molecule has 0 heterocycles. The van der Waals surface area contributed by atoms with Crippen LogP contribution in [-0.4, -0.2) is 56.0 Å². The van der Waals surface area contributed by atoms with Crippen LogP contribution in [0.3, 0.4) is 0 Å². The monoisotopic (exact) mass is 77.1 g/mol. The molecule has 0 aromatic rings. The van der Waals surface area contributed by atoms with Gasteiger partial charge in [0.05, 0.1) is 6.61 Å². The third kappa shape index (κ3) is 19.4. The molecule has 0 fully saturated rings. The van der Waals surface area contributed by atoms with Crippen molar-refractivity contribution in [2.75, 3.05) is 13.2 Å². The van der Waals surface area contributed by atoms with Gasteiger partial charge >= 0.3 is 37.7 Å². The van der Waals surface area contributed by atoms with Crippen molar-refractivity contribution >= 4 is 37.7 Å². The summed E-state index contributed by atoms with van der Waals surface area (Å²) in [5.74, 6) is 0. The predicted octanol–water partition coefficient (Wildman–Crippen LogP) is -2.36. The van der Waals surface area contributed by atoms with Gasteiger partial charge in [0.25, 0.3) is 0 Å². The Morgan fingerprint density at radius 2 is 1.50 bits per heavy atom. The summed E-state index contributed by atoms with van der Waals surface area (Å²) >= 11 is 0. The zero-order chi connectivity index (χ0) is 3.41. The maximum atomic E-state index is 7.75. The molecule has 0 aromatic carbocycles. The van der Waals surface area contributed by atoms with Gasteiger partial charge in [-0.3, -0.25) is 0 Å². The SMILES string of the molecule is NCCO.[LiH].[LiH]. The Balaban J connectivity index is -0.0000000450. The molecule has 0 aliphatic heterocycles. The van der Waals surface area contributed by atoms with E-state index in [-0.39, 0.29) is 44.3 Å². The van der Waals surface area contributed by atoms with E-state index in [4.69, 9.17) is 10.8 Å². The van der Waals surface area contributed by atoms with Crippen LogP contribution in [0, 0.1) is 0 Å². The number of hydrogen-bond acceptors (Lipinski definition) is 2. The number of hydrogen-bond donors (Lipinski definition) is 2. The molecule has 0 saturated carbocycles. The minimum absolute atomic E-state index is 0. The van der Waals surface area contributed by atoms with Gasteiger partial charge in [0.15, 0.2) is 0 Å². The average Bonchev–Trinajstić information content (AvgIpc) is 1.37. The van der Waals surface area contributed by atoms with Gasteiger partial charge in [0, 0.05) is 6.54 Å². The molecule has 0 radical (unpaired) electrons. The van der Waals surface area contributed by atoms with Crippen molar-refractivity contribution in [3.05, 3.63) is 0 Å². The van der Waals surface area contributed by atoms with E-state index in [1.807, 2.05) is 0 Å². The number of aliphatic hydroxyl groups is 1. The maximum absolute atomic E-state index is 7.75. The van der Waals surface area contributed by atoms with Crippen LogP contribution in [-0.2, 0) is 0 Å². The minimum atomic E-state index is 0. The first-order valence-electron chi connectivity index (χ1n) is 1.22. The van der Waals surface area contributed by atoms with Crippen LogP contribution in [0.5, 0.6) is 0 Å². The molecule has 0 rings (SSSR count). The number of rotatable bonds is 1. The van der Waals surface area contributed by atoms with Gasteiger partial charge in [0.1, 0.15) is 0 Å². The number of nitrogens with two attached hydrogens (primary N) is 1. The molecule has 0 unspecified atom stereocenters. The van der Waals surface area contributed by atoms with E-state index in [0.29, 0.717) is 6.54 Å². The molecule has 0 saturated heterocycles. The van der Waals surface area contributed by atoms with Crippen molar-refractivity contribution in [3.8, 4) is 0 Å². The second-order valence-electron chi connectivity index (χ2n) is 0.512. The van der Waals surface area contributed by atoms with Crippen LogP contribution in [0.4, 0.5) is 0 Å². The summed E-state index contributed by atoms with van der Waals surface area (Å²) in [5.41, 5.74) is 4.78. The Labute approximate surface area is 61.8 Å². The van der Waals surface area contributed by atoms with Crippen LogP contribution in [0.25, 0.3) is 0 Å². The molecular weight excluding hydrogens is 67.9 g/mol. The van der Waals surface area contributed by atoms with E-state index < -0.39 is 0 Å². The van der Waals surface area contributed by atoms with Crippen molar-refractivity contribution in [2.24, 2.45) is 5.73 Å². The summed E-state index contributed by atoms with van der Waals surface area (Å²) in [6, 6.07) is 0. The molecule has 0 bridgehead atoms. The van der Waals surface area contributed by atoms with Crippen LogP contribution < -0.4 is 5.73 Å². The molecule has 0 aromatic heterocycles. The first kappa shape index (κ1) is 15.7. The van der Waals surface area contributed by atoms with Gasteiger partial charge < -0.3 is 10.8 Å². The molecule has 2 nitrogen and oxygen atoms in total.